The van der Waals surface area contributed by atoms with Gasteiger partial charge in [-0.05, 0) is 39.5 Å². The topological polar surface area (TPSA) is 55.2 Å². The Hall–Kier alpha value is -1.62. The number of methoxy groups -OCH3 is 1. The van der Waals surface area contributed by atoms with Gasteiger partial charge in [0.1, 0.15) is 6.10 Å². The maximum absolute atomic E-state index is 5.85. The lowest BCUT2D eigenvalue weighted by molar-refractivity contribution is 0.00439. The fourth-order valence-electron chi connectivity index (χ4n) is 4.23. The molecule has 2 unspecified atom stereocenters. The van der Waals surface area contributed by atoms with Crippen molar-refractivity contribution in [2.75, 3.05) is 13.7 Å². The minimum absolute atomic E-state index is 0.103. The van der Waals surface area contributed by atoms with E-state index in [1.807, 2.05) is 7.11 Å². The van der Waals surface area contributed by atoms with E-state index < -0.39 is 0 Å². The molecule has 2 heterocycles. The van der Waals surface area contributed by atoms with E-state index in [0.29, 0.717) is 11.8 Å². The average Bonchev–Trinajstić information content (AvgIpc) is 3.03. The number of fused-ring (bicyclic) bond motifs is 1. The normalized spacial score (nSPS) is 36.1. The molecule has 0 spiro atoms. The standard InChI is InChI=1S/C18H27N3O2/c1-10-13-9-17(22-5)14(18-11(2)21-23-12(18)3)8-16(13)20-15(10)6-7-19-4/h8,12-14,17-18,20H,4,6-7,9H2,1-3,5H3/t12?,13-,14+,17?,18-/m0/s1. The molecule has 126 valence electrons. The molecule has 0 bridgehead atoms. The first-order valence-corrected chi connectivity index (χ1v) is 8.40. The molecular formula is C18H27N3O2. The van der Waals surface area contributed by atoms with Crippen LogP contribution >= 0.6 is 0 Å². The number of ether oxygens (including phenoxy) is 1. The van der Waals surface area contributed by atoms with Gasteiger partial charge >= 0.3 is 0 Å². The number of nitrogens with one attached hydrogen (secondary N) is 1. The summed E-state index contributed by atoms with van der Waals surface area (Å²) in [5.41, 5.74) is 5.09. The third kappa shape index (κ3) is 2.82. The van der Waals surface area contributed by atoms with Crippen LogP contribution in [0.1, 0.15) is 33.6 Å². The minimum atomic E-state index is 0.103. The summed E-state index contributed by atoms with van der Waals surface area (Å²) >= 11 is 0. The van der Waals surface area contributed by atoms with Crippen LogP contribution in [-0.2, 0) is 9.57 Å². The Labute approximate surface area is 138 Å². The number of rotatable bonds is 5. The van der Waals surface area contributed by atoms with E-state index in [1.165, 1.54) is 17.0 Å². The highest BCUT2D eigenvalue weighted by molar-refractivity contribution is 5.86. The van der Waals surface area contributed by atoms with Crippen molar-refractivity contribution in [1.82, 2.24) is 5.32 Å². The SMILES string of the molecule is C=NCCC1=C(C)[C@@H]2CC(OC)[C@H]([C@H]3C(C)=NOC3C)C=C2N1. The lowest BCUT2D eigenvalue weighted by atomic mass is 9.73. The second-order valence-corrected chi connectivity index (χ2v) is 6.81. The van der Waals surface area contributed by atoms with Crippen LogP contribution in [0.3, 0.4) is 0 Å². The van der Waals surface area contributed by atoms with E-state index in [0.717, 1.165) is 25.1 Å². The molecule has 2 aliphatic heterocycles. The largest absolute Gasteiger partial charge is 0.392 e. The maximum Gasteiger partial charge on any atom is 0.133 e. The highest BCUT2D eigenvalue weighted by atomic mass is 16.6. The predicted octanol–water partition coefficient (Wildman–Crippen LogP) is 2.90. The lowest BCUT2D eigenvalue weighted by Gasteiger charge is -2.36. The molecule has 5 nitrogen and oxygen atoms in total. The highest BCUT2D eigenvalue weighted by Gasteiger charge is 2.44. The Kier molecular flexibility index (Phi) is 4.57. The Morgan fingerprint density at radius 2 is 2.26 bits per heavy atom. The molecule has 5 heteroatoms. The monoisotopic (exact) mass is 317 g/mol. The molecule has 3 aliphatic rings. The van der Waals surface area contributed by atoms with Crippen LogP contribution in [0.2, 0.25) is 0 Å². The maximum atomic E-state index is 5.85. The molecule has 3 rings (SSSR count). The first kappa shape index (κ1) is 16.2. The van der Waals surface area contributed by atoms with Crippen molar-refractivity contribution in [2.24, 2.45) is 27.9 Å². The van der Waals surface area contributed by atoms with Crippen molar-refractivity contribution in [1.29, 1.82) is 0 Å². The molecule has 0 radical (unpaired) electrons. The third-order valence-corrected chi connectivity index (χ3v) is 5.53. The van der Waals surface area contributed by atoms with Gasteiger partial charge in [-0.3, -0.25) is 0 Å². The molecule has 1 aliphatic carbocycles. The summed E-state index contributed by atoms with van der Waals surface area (Å²) in [6.07, 6.45) is 4.58. The van der Waals surface area contributed by atoms with E-state index in [9.17, 15) is 0 Å². The van der Waals surface area contributed by atoms with Gasteiger partial charge in [0.15, 0.2) is 0 Å². The van der Waals surface area contributed by atoms with Gasteiger partial charge in [-0.1, -0.05) is 11.2 Å². The van der Waals surface area contributed by atoms with Gasteiger partial charge in [0.25, 0.3) is 0 Å². The molecule has 0 aromatic rings. The molecule has 23 heavy (non-hydrogen) atoms. The molecule has 0 aromatic heterocycles. The molecular weight excluding hydrogens is 290 g/mol. The van der Waals surface area contributed by atoms with E-state index in [2.05, 4.69) is 49.0 Å². The minimum Gasteiger partial charge on any atom is -0.392 e. The molecule has 5 atom stereocenters. The summed E-state index contributed by atoms with van der Waals surface area (Å²) in [5, 5.41) is 7.80. The zero-order valence-electron chi connectivity index (χ0n) is 14.5. The van der Waals surface area contributed by atoms with Crippen LogP contribution in [0, 0.1) is 17.8 Å². The van der Waals surface area contributed by atoms with E-state index in [4.69, 9.17) is 9.57 Å². The van der Waals surface area contributed by atoms with Crippen molar-refractivity contribution in [3.63, 3.8) is 0 Å². The van der Waals surface area contributed by atoms with Gasteiger partial charge in [0, 0.05) is 49.2 Å². The first-order valence-electron chi connectivity index (χ1n) is 8.40. The second kappa shape index (κ2) is 6.48. The molecule has 0 amide bonds. The van der Waals surface area contributed by atoms with Gasteiger partial charge < -0.3 is 19.9 Å². The quantitative estimate of drug-likeness (QED) is 0.793. The number of oxime groups is 1. The summed E-state index contributed by atoms with van der Waals surface area (Å²) in [4.78, 5) is 9.46. The fraction of sp³-hybridized carbons (Fsp3) is 0.667. The lowest BCUT2D eigenvalue weighted by Crippen LogP contribution is -2.40. The Bertz CT molecular complexity index is 579. The molecule has 0 saturated heterocycles. The summed E-state index contributed by atoms with van der Waals surface area (Å²) in [7, 11) is 1.81. The smallest absolute Gasteiger partial charge is 0.133 e. The van der Waals surface area contributed by atoms with Crippen LogP contribution in [0.4, 0.5) is 0 Å². The van der Waals surface area contributed by atoms with Crippen molar-refractivity contribution < 1.29 is 9.57 Å². The zero-order chi connectivity index (χ0) is 16.6. The van der Waals surface area contributed by atoms with Crippen LogP contribution in [0.15, 0.2) is 33.2 Å². The van der Waals surface area contributed by atoms with Crippen molar-refractivity contribution in [3.8, 4) is 0 Å². The number of hydrogen-bond donors (Lipinski definition) is 1. The van der Waals surface area contributed by atoms with Gasteiger partial charge in [-0.25, -0.2) is 0 Å². The molecule has 0 aromatic carbocycles. The Morgan fingerprint density at radius 1 is 1.48 bits per heavy atom. The predicted molar refractivity (Wildman–Crippen MR) is 92.5 cm³/mol. The Morgan fingerprint density at radius 3 is 2.87 bits per heavy atom. The van der Waals surface area contributed by atoms with Gasteiger partial charge in [-0.2, -0.15) is 0 Å². The summed E-state index contributed by atoms with van der Waals surface area (Å²) < 4.78 is 5.85. The zero-order valence-corrected chi connectivity index (χ0v) is 14.5. The van der Waals surface area contributed by atoms with Crippen LogP contribution in [-0.4, -0.2) is 38.3 Å². The van der Waals surface area contributed by atoms with Crippen LogP contribution in [0.25, 0.3) is 0 Å². The van der Waals surface area contributed by atoms with E-state index in [1.54, 1.807) is 0 Å². The summed E-state index contributed by atoms with van der Waals surface area (Å²) in [6, 6.07) is 0. The van der Waals surface area contributed by atoms with Crippen molar-refractivity contribution in [3.05, 3.63) is 23.0 Å². The first-order chi connectivity index (χ1) is 11.1. The van der Waals surface area contributed by atoms with Gasteiger partial charge in [-0.15, -0.1) is 0 Å². The van der Waals surface area contributed by atoms with Crippen molar-refractivity contribution in [2.45, 2.75) is 45.8 Å². The summed E-state index contributed by atoms with van der Waals surface area (Å²) in [5.74, 6) is 1.02. The summed E-state index contributed by atoms with van der Waals surface area (Å²) in [6.45, 7) is 10.7. The van der Waals surface area contributed by atoms with Gasteiger partial charge in [0.2, 0.25) is 0 Å². The van der Waals surface area contributed by atoms with E-state index >= 15 is 0 Å². The highest BCUT2D eigenvalue weighted by Crippen LogP contribution is 2.43. The van der Waals surface area contributed by atoms with Crippen LogP contribution in [0.5, 0.6) is 0 Å². The van der Waals surface area contributed by atoms with Gasteiger partial charge in [0.05, 0.1) is 11.8 Å². The average molecular weight is 317 g/mol. The third-order valence-electron chi connectivity index (χ3n) is 5.53. The van der Waals surface area contributed by atoms with E-state index in [-0.39, 0.29) is 18.1 Å². The van der Waals surface area contributed by atoms with Crippen LogP contribution < -0.4 is 5.32 Å². The molecule has 1 N–H and O–H groups in total. The second-order valence-electron chi connectivity index (χ2n) is 6.81. The van der Waals surface area contributed by atoms with Crippen molar-refractivity contribution >= 4 is 12.4 Å². The Balaban J connectivity index is 1.86. The molecule has 0 fully saturated rings. The fourth-order valence-corrected chi connectivity index (χ4v) is 4.23. The number of nitrogens with zero attached hydrogens (tertiary/aromatic N) is 2. The number of aliphatic imine (C=N–C) groups is 1. The number of hydrogen-bond acceptors (Lipinski definition) is 5. The number of allylic oxidation sites excluding steroid dienone is 1. The molecule has 0 saturated carbocycles.